The molecule has 0 bridgehead atoms. The molecule has 1 aromatic heterocycles. The molecule has 2 aromatic carbocycles. The molecule has 2 heterocycles. The number of benzene rings is 2. The van der Waals surface area contributed by atoms with Crippen molar-refractivity contribution in [2.45, 2.75) is 25.8 Å². The molecule has 0 unspecified atom stereocenters. The molecule has 7 nitrogen and oxygen atoms in total. The van der Waals surface area contributed by atoms with E-state index in [0.717, 1.165) is 5.56 Å². The van der Waals surface area contributed by atoms with Crippen LogP contribution in [0.4, 0.5) is 0 Å². The van der Waals surface area contributed by atoms with Crippen molar-refractivity contribution in [3.63, 3.8) is 0 Å². The van der Waals surface area contributed by atoms with E-state index in [0.29, 0.717) is 40.6 Å². The van der Waals surface area contributed by atoms with Crippen LogP contribution in [0.5, 0.6) is 17.2 Å². The molecule has 0 fully saturated rings. The summed E-state index contributed by atoms with van der Waals surface area (Å²) < 4.78 is 7.26. The number of pyridine rings is 1. The van der Waals surface area contributed by atoms with Gasteiger partial charge in [-0.15, -0.1) is 0 Å². The van der Waals surface area contributed by atoms with Crippen LogP contribution < -0.4 is 16.0 Å². The summed E-state index contributed by atoms with van der Waals surface area (Å²) in [6, 6.07) is 15.3. The van der Waals surface area contributed by atoms with Gasteiger partial charge in [0.15, 0.2) is 11.5 Å². The zero-order valence-corrected chi connectivity index (χ0v) is 17.9. The van der Waals surface area contributed by atoms with Crippen molar-refractivity contribution in [2.24, 2.45) is 5.73 Å². The first kappa shape index (κ1) is 21.3. The third-order valence-electron chi connectivity index (χ3n) is 5.56. The van der Waals surface area contributed by atoms with E-state index in [1.54, 1.807) is 47.9 Å². The second-order valence-electron chi connectivity index (χ2n) is 7.57. The number of phenols is 2. The second kappa shape index (κ2) is 8.33. The van der Waals surface area contributed by atoms with Crippen LogP contribution in [0, 0.1) is 18.3 Å². The van der Waals surface area contributed by atoms with Gasteiger partial charge in [0.25, 0.3) is 5.56 Å². The zero-order valence-electron chi connectivity index (χ0n) is 17.2. The highest BCUT2D eigenvalue weighted by Crippen LogP contribution is 2.40. The van der Waals surface area contributed by atoms with E-state index < -0.39 is 5.92 Å². The van der Waals surface area contributed by atoms with E-state index in [-0.39, 0.29) is 28.5 Å². The quantitative estimate of drug-likeness (QED) is 0.522. The van der Waals surface area contributed by atoms with Crippen LogP contribution in [-0.4, -0.2) is 14.8 Å². The summed E-state index contributed by atoms with van der Waals surface area (Å²) in [5, 5.41) is 29.5. The predicted molar refractivity (Wildman–Crippen MR) is 120 cm³/mol. The molecule has 1 aliphatic heterocycles. The Bertz CT molecular complexity index is 1340. The molecule has 8 heteroatoms. The Balaban J connectivity index is 1.80. The van der Waals surface area contributed by atoms with Gasteiger partial charge in [-0.2, -0.15) is 5.26 Å². The molecule has 4 rings (SSSR count). The Kier molecular flexibility index (Phi) is 5.56. The van der Waals surface area contributed by atoms with E-state index in [4.69, 9.17) is 22.1 Å². The number of phenolic OH excluding ortho intramolecular Hbond substituents is 2. The first-order valence-electron chi connectivity index (χ1n) is 9.88. The summed E-state index contributed by atoms with van der Waals surface area (Å²) >= 11 is 6.02. The molecule has 0 saturated heterocycles. The van der Waals surface area contributed by atoms with Crippen LogP contribution in [0.3, 0.4) is 0 Å². The van der Waals surface area contributed by atoms with Crippen LogP contribution in [0.25, 0.3) is 0 Å². The highest BCUT2D eigenvalue weighted by Gasteiger charge is 2.34. The molecule has 3 aromatic rings. The van der Waals surface area contributed by atoms with Crippen LogP contribution in [0.2, 0.25) is 5.02 Å². The summed E-state index contributed by atoms with van der Waals surface area (Å²) in [4.78, 5) is 13.6. The lowest BCUT2D eigenvalue weighted by Crippen LogP contribution is -2.33. The molecule has 0 radical (unpaired) electrons. The maximum Gasteiger partial charge on any atom is 0.258 e. The van der Waals surface area contributed by atoms with Gasteiger partial charge in [-0.05, 0) is 48.7 Å². The smallest absolute Gasteiger partial charge is 0.258 e. The minimum atomic E-state index is -0.682. The number of fused-ring (bicyclic) bond motifs is 1. The molecule has 0 aliphatic carbocycles. The largest absolute Gasteiger partial charge is 0.504 e. The number of nitriles is 1. The Morgan fingerprint density at radius 1 is 1.16 bits per heavy atom. The van der Waals surface area contributed by atoms with Gasteiger partial charge in [0.2, 0.25) is 5.88 Å². The molecular formula is C24H20ClN3O4. The second-order valence-corrected chi connectivity index (χ2v) is 8.01. The van der Waals surface area contributed by atoms with Gasteiger partial charge in [-0.25, -0.2) is 0 Å². The maximum absolute atomic E-state index is 13.6. The molecule has 4 N–H and O–H groups in total. The topological polar surface area (TPSA) is 122 Å². The lowest BCUT2D eigenvalue weighted by Gasteiger charge is -2.27. The Morgan fingerprint density at radius 2 is 1.88 bits per heavy atom. The van der Waals surface area contributed by atoms with Crippen molar-refractivity contribution in [3.05, 3.63) is 97.7 Å². The van der Waals surface area contributed by atoms with E-state index in [1.165, 1.54) is 12.1 Å². The summed E-state index contributed by atoms with van der Waals surface area (Å²) in [5.74, 6) is -0.809. The van der Waals surface area contributed by atoms with Crippen LogP contribution in [-0.2, 0) is 13.0 Å². The number of halogens is 1. The van der Waals surface area contributed by atoms with Crippen molar-refractivity contribution < 1.29 is 14.9 Å². The van der Waals surface area contributed by atoms with Gasteiger partial charge in [0, 0.05) is 23.3 Å². The summed E-state index contributed by atoms with van der Waals surface area (Å²) in [7, 11) is 0. The van der Waals surface area contributed by atoms with Crippen molar-refractivity contribution in [1.29, 1.82) is 5.26 Å². The first-order chi connectivity index (χ1) is 15.3. The molecule has 1 atom stereocenters. The van der Waals surface area contributed by atoms with E-state index in [1.807, 2.05) is 0 Å². The van der Waals surface area contributed by atoms with E-state index in [2.05, 4.69) is 6.07 Å². The summed E-state index contributed by atoms with van der Waals surface area (Å²) in [5.41, 5.74) is 8.35. The number of allylic oxidation sites excluding steroid dienone is 1. The maximum atomic E-state index is 13.6. The van der Waals surface area contributed by atoms with E-state index in [9.17, 15) is 20.3 Å². The highest BCUT2D eigenvalue weighted by atomic mass is 35.5. The first-order valence-corrected chi connectivity index (χ1v) is 10.3. The van der Waals surface area contributed by atoms with E-state index >= 15 is 0 Å². The number of aryl methyl sites for hydroxylation is 2. The zero-order chi connectivity index (χ0) is 23.0. The minimum Gasteiger partial charge on any atom is -0.504 e. The number of hydrogen-bond donors (Lipinski definition) is 3. The monoisotopic (exact) mass is 449 g/mol. The molecule has 0 amide bonds. The van der Waals surface area contributed by atoms with Crippen molar-refractivity contribution in [3.8, 4) is 23.3 Å². The van der Waals surface area contributed by atoms with Crippen molar-refractivity contribution in [1.82, 2.24) is 4.57 Å². The lowest BCUT2D eigenvalue weighted by molar-refractivity contribution is 0.388. The molecule has 1 aliphatic rings. The van der Waals surface area contributed by atoms with Crippen molar-refractivity contribution >= 4 is 11.6 Å². The number of rotatable bonds is 4. The number of ether oxygens (including phenoxy) is 1. The van der Waals surface area contributed by atoms with Crippen molar-refractivity contribution in [2.75, 3.05) is 0 Å². The number of hydrogen-bond acceptors (Lipinski definition) is 6. The van der Waals surface area contributed by atoms with Crippen LogP contribution in [0.15, 0.2) is 64.8 Å². The molecule has 0 saturated carbocycles. The average molecular weight is 450 g/mol. The predicted octanol–water partition coefficient (Wildman–Crippen LogP) is 3.68. The van der Waals surface area contributed by atoms with Crippen LogP contribution in [0.1, 0.15) is 28.3 Å². The van der Waals surface area contributed by atoms with Gasteiger partial charge in [-0.1, -0.05) is 29.8 Å². The molecular weight excluding hydrogens is 430 g/mol. The van der Waals surface area contributed by atoms with Gasteiger partial charge in [0.05, 0.1) is 11.5 Å². The average Bonchev–Trinajstić information content (AvgIpc) is 2.75. The summed E-state index contributed by atoms with van der Waals surface area (Å²) in [6.07, 6.45) is 0.447. The highest BCUT2D eigenvalue weighted by molar-refractivity contribution is 6.30. The number of nitrogens with zero attached hydrogens (tertiary/aromatic N) is 2. The molecule has 0 spiro atoms. The number of aromatic hydroxyl groups is 2. The number of aromatic nitrogens is 1. The molecule has 162 valence electrons. The minimum absolute atomic E-state index is 0.0314. The molecule has 32 heavy (non-hydrogen) atoms. The standard InChI is InChI=1S/C24H20ClN3O4/c1-13-10-20-22(24(31)28(13)9-8-14-2-7-18(29)19(30)11-14)21(17(12-26)23(27)32-20)15-3-5-16(25)6-4-15/h2-7,10-11,21,29-30H,8-9,27H2,1H3/t21-/m1/s1. The summed E-state index contributed by atoms with van der Waals surface area (Å²) in [6.45, 7) is 2.12. The van der Waals surface area contributed by atoms with Gasteiger partial charge >= 0.3 is 0 Å². The van der Waals surface area contributed by atoms with Gasteiger partial charge < -0.3 is 25.3 Å². The Hall–Kier alpha value is -3.89. The third-order valence-corrected chi connectivity index (χ3v) is 5.81. The van der Waals surface area contributed by atoms with Gasteiger partial charge in [0.1, 0.15) is 17.4 Å². The number of nitrogens with two attached hydrogens (primary N) is 1. The Labute approximate surface area is 189 Å². The normalized spacial score (nSPS) is 15.1. The lowest BCUT2D eigenvalue weighted by atomic mass is 9.84. The fourth-order valence-corrected chi connectivity index (χ4v) is 4.04. The van der Waals surface area contributed by atoms with Gasteiger partial charge in [-0.3, -0.25) is 4.79 Å². The van der Waals surface area contributed by atoms with Crippen LogP contribution >= 0.6 is 11.6 Å². The fraction of sp³-hybridized carbons (Fsp3) is 0.167. The SMILES string of the molecule is Cc1cc2c(c(=O)n1CCc1ccc(O)c(O)c1)[C@H](c1ccc(Cl)cc1)C(C#N)=C(N)O2. The fourth-order valence-electron chi connectivity index (χ4n) is 3.92. The third kappa shape index (κ3) is 3.77. The Morgan fingerprint density at radius 3 is 2.53 bits per heavy atom.